The number of carboxylic acid groups (broad SMARTS) is 1. The topological polar surface area (TPSA) is 109 Å². The van der Waals surface area contributed by atoms with Crippen LogP contribution in [0, 0.1) is 0 Å². The van der Waals surface area contributed by atoms with E-state index in [1.54, 1.807) is 0 Å². The Kier molecular flexibility index (Phi) is 5.45. The number of nitrogens with two attached hydrogens (primary N) is 1. The van der Waals surface area contributed by atoms with E-state index in [0.717, 1.165) is 0 Å². The van der Waals surface area contributed by atoms with E-state index in [9.17, 15) is 14.4 Å². The first-order valence-corrected chi connectivity index (χ1v) is 3.76. The molecule has 0 aromatic heterocycles. The molecule has 0 fully saturated rings. The van der Waals surface area contributed by atoms with Gasteiger partial charge in [0.05, 0.1) is 6.54 Å². The Bertz CT molecular complexity index is 215. The first-order valence-electron chi connectivity index (χ1n) is 3.76. The van der Waals surface area contributed by atoms with Crippen molar-refractivity contribution in [1.29, 1.82) is 0 Å². The van der Waals surface area contributed by atoms with Crippen LogP contribution in [0.25, 0.3) is 0 Å². The van der Waals surface area contributed by atoms with Crippen LogP contribution in [0.4, 0.5) is 0 Å². The van der Waals surface area contributed by atoms with Gasteiger partial charge in [-0.1, -0.05) is 0 Å². The highest BCUT2D eigenvalue weighted by Gasteiger charge is 2.06. The molecule has 6 heteroatoms. The van der Waals surface area contributed by atoms with Crippen LogP contribution >= 0.6 is 0 Å². The monoisotopic (exact) mass is 188 g/mol. The predicted molar refractivity (Wildman–Crippen MR) is 43.9 cm³/mol. The van der Waals surface area contributed by atoms with Crippen LogP contribution in [-0.2, 0) is 14.4 Å². The van der Waals surface area contributed by atoms with Crippen molar-refractivity contribution < 1.29 is 19.5 Å². The number of nitrogens with one attached hydrogen (secondary N) is 1. The Morgan fingerprint density at radius 3 is 2.31 bits per heavy atom. The average molecular weight is 188 g/mol. The zero-order valence-electron chi connectivity index (χ0n) is 7.08. The van der Waals surface area contributed by atoms with Gasteiger partial charge in [0.25, 0.3) is 0 Å². The minimum Gasteiger partial charge on any atom is -0.480 e. The molecule has 0 spiro atoms. The SMILES string of the molecule is NCC(=O)CCC(=O)NCC(=O)O. The molecule has 1 amide bonds. The summed E-state index contributed by atoms with van der Waals surface area (Å²) in [6.07, 6.45) is 0.0469. The van der Waals surface area contributed by atoms with Gasteiger partial charge in [0.15, 0.2) is 0 Å². The normalized spacial score (nSPS) is 9.31. The number of Topliss-reactive ketones (excluding diaryl/α,β-unsaturated/α-hetero) is 1. The second-order valence-corrected chi connectivity index (χ2v) is 2.41. The van der Waals surface area contributed by atoms with Gasteiger partial charge in [-0.2, -0.15) is 0 Å². The number of ketones is 1. The van der Waals surface area contributed by atoms with E-state index in [4.69, 9.17) is 10.8 Å². The molecule has 0 bridgehead atoms. The summed E-state index contributed by atoms with van der Waals surface area (Å²) >= 11 is 0. The van der Waals surface area contributed by atoms with Crippen molar-refractivity contribution in [2.45, 2.75) is 12.8 Å². The third-order valence-corrected chi connectivity index (χ3v) is 1.30. The molecule has 13 heavy (non-hydrogen) atoms. The standard InChI is InChI=1S/C7H12N2O4/c8-3-5(10)1-2-6(11)9-4-7(12)13/h1-4,8H2,(H,9,11)(H,12,13). The van der Waals surface area contributed by atoms with Crippen LogP contribution < -0.4 is 11.1 Å². The summed E-state index contributed by atoms with van der Waals surface area (Å²) in [5, 5.41) is 10.3. The number of rotatable bonds is 6. The van der Waals surface area contributed by atoms with Crippen LogP contribution in [0.1, 0.15) is 12.8 Å². The number of carboxylic acids is 1. The summed E-state index contributed by atoms with van der Waals surface area (Å²) in [6.45, 7) is -0.512. The van der Waals surface area contributed by atoms with Crippen molar-refractivity contribution >= 4 is 17.7 Å². The van der Waals surface area contributed by atoms with Crippen LogP contribution in [0.5, 0.6) is 0 Å². The number of amides is 1. The van der Waals surface area contributed by atoms with Crippen LogP contribution in [-0.4, -0.2) is 35.9 Å². The molecular formula is C7H12N2O4. The molecule has 0 aliphatic carbocycles. The molecule has 0 atom stereocenters. The number of carbonyl (C=O) groups excluding carboxylic acids is 2. The fourth-order valence-corrected chi connectivity index (χ4v) is 0.618. The van der Waals surface area contributed by atoms with Crippen LogP contribution in [0.2, 0.25) is 0 Å². The number of hydrogen-bond acceptors (Lipinski definition) is 4. The molecule has 0 aromatic rings. The van der Waals surface area contributed by atoms with Crippen molar-refractivity contribution in [2.24, 2.45) is 5.73 Å². The maximum Gasteiger partial charge on any atom is 0.322 e. The van der Waals surface area contributed by atoms with E-state index < -0.39 is 18.4 Å². The van der Waals surface area contributed by atoms with Crippen molar-refractivity contribution in [3.05, 3.63) is 0 Å². The summed E-state index contributed by atoms with van der Waals surface area (Å²) in [7, 11) is 0. The zero-order valence-corrected chi connectivity index (χ0v) is 7.08. The van der Waals surface area contributed by atoms with Crippen molar-refractivity contribution in [2.75, 3.05) is 13.1 Å². The fourth-order valence-electron chi connectivity index (χ4n) is 0.618. The second kappa shape index (κ2) is 6.13. The van der Waals surface area contributed by atoms with Gasteiger partial charge < -0.3 is 16.2 Å². The maximum atomic E-state index is 10.8. The Hall–Kier alpha value is -1.43. The lowest BCUT2D eigenvalue weighted by Gasteiger charge is -2.00. The van der Waals surface area contributed by atoms with Crippen LogP contribution in [0.15, 0.2) is 0 Å². The maximum absolute atomic E-state index is 10.8. The minimum atomic E-state index is -1.11. The van der Waals surface area contributed by atoms with Gasteiger partial charge in [-0.15, -0.1) is 0 Å². The van der Waals surface area contributed by atoms with E-state index in [2.05, 4.69) is 5.32 Å². The minimum absolute atomic E-state index is 0.0106. The zero-order chi connectivity index (χ0) is 10.3. The van der Waals surface area contributed by atoms with Gasteiger partial charge >= 0.3 is 5.97 Å². The average Bonchev–Trinajstić information content (AvgIpc) is 2.10. The summed E-state index contributed by atoms with van der Waals surface area (Å²) in [5.41, 5.74) is 5.01. The second-order valence-electron chi connectivity index (χ2n) is 2.41. The molecule has 0 aliphatic rings. The first kappa shape index (κ1) is 11.6. The van der Waals surface area contributed by atoms with Gasteiger partial charge in [-0.05, 0) is 0 Å². The van der Waals surface area contributed by atoms with E-state index >= 15 is 0 Å². The number of carbonyl (C=O) groups is 3. The largest absolute Gasteiger partial charge is 0.480 e. The molecule has 0 aliphatic heterocycles. The van der Waals surface area contributed by atoms with Gasteiger partial charge in [-0.3, -0.25) is 14.4 Å². The molecule has 4 N–H and O–H groups in total. The van der Waals surface area contributed by atoms with Crippen LogP contribution in [0.3, 0.4) is 0 Å². The highest BCUT2D eigenvalue weighted by molar-refractivity contribution is 5.87. The van der Waals surface area contributed by atoms with Crippen molar-refractivity contribution in [3.63, 3.8) is 0 Å². The number of hydrogen-bond donors (Lipinski definition) is 3. The van der Waals surface area contributed by atoms with Gasteiger partial charge in [0.2, 0.25) is 5.91 Å². The van der Waals surface area contributed by atoms with E-state index in [1.807, 2.05) is 0 Å². The first-order chi connectivity index (χ1) is 6.06. The Morgan fingerprint density at radius 1 is 1.23 bits per heavy atom. The third kappa shape index (κ3) is 6.95. The third-order valence-electron chi connectivity index (χ3n) is 1.30. The van der Waals surface area contributed by atoms with E-state index in [1.165, 1.54) is 0 Å². The Morgan fingerprint density at radius 2 is 1.85 bits per heavy atom. The summed E-state index contributed by atoms with van der Waals surface area (Å²) < 4.78 is 0. The fraction of sp³-hybridized carbons (Fsp3) is 0.571. The number of aliphatic carboxylic acids is 1. The Balaban J connectivity index is 3.52. The molecule has 0 rings (SSSR count). The van der Waals surface area contributed by atoms with E-state index in [-0.39, 0.29) is 25.2 Å². The van der Waals surface area contributed by atoms with Gasteiger partial charge in [-0.25, -0.2) is 0 Å². The molecule has 74 valence electrons. The molecule has 0 saturated heterocycles. The Labute approximate surface area is 75.1 Å². The predicted octanol–water partition coefficient (Wildman–Crippen LogP) is -1.50. The summed E-state index contributed by atoms with van der Waals surface area (Å²) in [4.78, 5) is 31.4. The van der Waals surface area contributed by atoms with Gasteiger partial charge in [0, 0.05) is 12.8 Å². The molecule has 0 radical (unpaired) electrons. The molecule has 0 unspecified atom stereocenters. The van der Waals surface area contributed by atoms with Crippen molar-refractivity contribution in [1.82, 2.24) is 5.32 Å². The van der Waals surface area contributed by atoms with Gasteiger partial charge in [0.1, 0.15) is 12.3 Å². The summed E-state index contributed by atoms with van der Waals surface area (Å²) in [5.74, 6) is -1.78. The quantitative estimate of drug-likeness (QED) is 0.469. The van der Waals surface area contributed by atoms with Crippen molar-refractivity contribution in [3.8, 4) is 0 Å². The molecule has 0 heterocycles. The smallest absolute Gasteiger partial charge is 0.322 e. The lowest BCUT2D eigenvalue weighted by molar-refractivity contribution is -0.138. The molecule has 0 aromatic carbocycles. The molecule has 0 saturated carbocycles. The highest BCUT2D eigenvalue weighted by atomic mass is 16.4. The lowest BCUT2D eigenvalue weighted by Crippen LogP contribution is -2.29. The molecule has 6 nitrogen and oxygen atoms in total. The molecular weight excluding hydrogens is 176 g/mol. The van der Waals surface area contributed by atoms with E-state index in [0.29, 0.717) is 0 Å². The highest BCUT2D eigenvalue weighted by Crippen LogP contribution is 1.89. The summed E-state index contributed by atoms with van der Waals surface area (Å²) in [6, 6.07) is 0. The lowest BCUT2D eigenvalue weighted by atomic mass is 10.2.